The quantitative estimate of drug-likeness (QED) is 0.158. The largest absolute Gasteiger partial charge is 0.256 e. The van der Waals surface area contributed by atoms with Crippen LogP contribution in [0.4, 0.5) is 0 Å². The number of aromatic nitrogens is 1. The summed E-state index contributed by atoms with van der Waals surface area (Å²) >= 11 is 0. The van der Waals surface area contributed by atoms with E-state index in [4.69, 9.17) is 4.98 Å². The van der Waals surface area contributed by atoms with Crippen molar-refractivity contribution in [3.63, 3.8) is 0 Å². The van der Waals surface area contributed by atoms with Gasteiger partial charge in [0.05, 0.1) is 11.1 Å². The van der Waals surface area contributed by atoms with Gasteiger partial charge < -0.3 is 0 Å². The second kappa shape index (κ2) is 13.4. The summed E-state index contributed by atoms with van der Waals surface area (Å²) in [5.74, 6) is 0. The molecule has 0 N–H and O–H groups in total. The summed E-state index contributed by atoms with van der Waals surface area (Å²) in [6, 6.07) is 71.8. The first-order chi connectivity index (χ1) is 31.2. The third-order valence-electron chi connectivity index (χ3n) is 14.1. The Labute approximate surface area is 366 Å². The van der Waals surface area contributed by atoms with Crippen molar-refractivity contribution in [3.05, 3.63) is 247 Å². The van der Waals surface area contributed by atoms with Crippen LogP contribution in [0.25, 0.3) is 111 Å². The fourth-order valence-corrected chi connectivity index (χ4v) is 11.5. The van der Waals surface area contributed by atoms with Gasteiger partial charge in [-0.25, -0.2) is 0 Å². The molecule has 0 aliphatic heterocycles. The molecule has 0 bridgehead atoms. The lowest BCUT2D eigenvalue weighted by Gasteiger charge is -2.39. The summed E-state index contributed by atoms with van der Waals surface area (Å²) in [5.41, 5.74) is 18.6. The van der Waals surface area contributed by atoms with Crippen LogP contribution in [0.2, 0.25) is 0 Å². The van der Waals surface area contributed by atoms with E-state index in [1.807, 2.05) is 18.3 Å². The molecule has 13 rings (SSSR count). The minimum atomic E-state index is -0.508. The minimum absolute atomic E-state index is 0.508. The average molecular weight is 798 g/mol. The highest BCUT2D eigenvalue weighted by Gasteiger charge is 2.50. The van der Waals surface area contributed by atoms with Crippen LogP contribution >= 0.6 is 0 Å². The molecule has 0 fully saturated rings. The Morgan fingerprint density at radius 2 is 0.937 bits per heavy atom. The van der Waals surface area contributed by atoms with Crippen LogP contribution in [0, 0.1) is 0 Å². The number of hydrogen-bond acceptors (Lipinski definition) is 1. The predicted octanol–water partition coefficient (Wildman–Crippen LogP) is 16.3. The lowest BCUT2D eigenvalue weighted by molar-refractivity contribution is 0.771. The van der Waals surface area contributed by atoms with E-state index < -0.39 is 5.41 Å². The topological polar surface area (TPSA) is 12.9 Å². The summed E-state index contributed by atoms with van der Waals surface area (Å²) in [6.07, 6.45) is 5.96. The highest BCUT2D eigenvalue weighted by atomic mass is 14.7. The van der Waals surface area contributed by atoms with Crippen LogP contribution in [0.1, 0.15) is 33.4 Å². The molecule has 1 heterocycles. The Morgan fingerprint density at radius 3 is 1.76 bits per heavy atom. The summed E-state index contributed by atoms with van der Waals surface area (Å²) < 4.78 is 0. The van der Waals surface area contributed by atoms with E-state index in [-0.39, 0.29) is 0 Å². The second-order valence-electron chi connectivity index (χ2n) is 17.0. The van der Waals surface area contributed by atoms with Crippen molar-refractivity contribution in [3.8, 4) is 55.8 Å². The molecule has 0 radical (unpaired) electrons. The average Bonchev–Trinajstić information content (AvgIpc) is 3.64. The molecule has 0 saturated heterocycles. The highest BCUT2D eigenvalue weighted by molar-refractivity contribution is 6.18. The van der Waals surface area contributed by atoms with Gasteiger partial charge in [-0.2, -0.15) is 0 Å². The normalized spacial score (nSPS) is 14.5. The summed E-state index contributed by atoms with van der Waals surface area (Å²) in [5, 5.41) is 9.85. The zero-order chi connectivity index (χ0) is 41.8. The summed E-state index contributed by atoms with van der Waals surface area (Å²) in [7, 11) is 0. The monoisotopic (exact) mass is 797 g/mol. The van der Waals surface area contributed by atoms with Crippen molar-refractivity contribution in [2.45, 2.75) is 5.41 Å². The third-order valence-corrected chi connectivity index (χ3v) is 14.1. The van der Waals surface area contributed by atoms with Crippen molar-refractivity contribution in [1.82, 2.24) is 4.98 Å². The van der Waals surface area contributed by atoms with Gasteiger partial charge >= 0.3 is 0 Å². The van der Waals surface area contributed by atoms with E-state index in [1.54, 1.807) is 0 Å². The molecule has 2 aliphatic rings. The molecule has 1 spiro atoms. The van der Waals surface area contributed by atoms with E-state index in [1.165, 1.54) is 93.3 Å². The molecule has 1 atom stereocenters. The fourth-order valence-electron chi connectivity index (χ4n) is 11.5. The van der Waals surface area contributed by atoms with Gasteiger partial charge in [0, 0.05) is 11.8 Å². The Morgan fingerprint density at radius 1 is 0.349 bits per heavy atom. The fraction of sp³-hybridized carbons (Fsp3) is 0.0161. The number of nitrogens with zero attached hydrogens (tertiary/aromatic N) is 1. The molecule has 1 nitrogen and oxygen atoms in total. The predicted molar refractivity (Wildman–Crippen MR) is 267 cm³/mol. The van der Waals surface area contributed by atoms with E-state index in [2.05, 4.69) is 207 Å². The molecular formula is C62H39N. The van der Waals surface area contributed by atoms with Crippen molar-refractivity contribution < 1.29 is 0 Å². The van der Waals surface area contributed by atoms with E-state index in [9.17, 15) is 0 Å². The van der Waals surface area contributed by atoms with Gasteiger partial charge in [0.1, 0.15) is 0 Å². The second-order valence-corrected chi connectivity index (χ2v) is 17.0. The smallest absolute Gasteiger partial charge is 0.0753 e. The third kappa shape index (κ3) is 4.85. The molecule has 0 amide bonds. The number of rotatable bonds is 5. The number of fused-ring (bicyclic) bond motifs is 13. The summed E-state index contributed by atoms with van der Waals surface area (Å²) in [4.78, 5) is 5.19. The van der Waals surface area contributed by atoms with Gasteiger partial charge in [-0.05, 0) is 145 Å². The molecule has 1 unspecified atom stereocenters. The van der Waals surface area contributed by atoms with Crippen molar-refractivity contribution in [2.75, 3.05) is 0 Å². The molecule has 1 heteroatoms. The van der Waals surface area contributed by atoms with Crippen LogP contribution in [-0.2, 0) is 5.41 Å². The molecule has 10 aromatic carbocycles. The van der Waals surface area contributed by atoms with Gasteiger partial charge in [0.15, 0.2) is 0 Å². The Balaban J connectivity index is 1.01. The molecule has 11 aromatic rings. The molecular weight excluding hydrogens is 759 g/mol. The SMILES string of the molecule is C=Cc1c(-c2ccc(-c3cccc4ccccc34)cc2)cc2c(cc(-c3ccc4c(c3)-c3ncccc3C43c4ccccc4-c4cccc5cccc3c45)c3ccccc32)c1C=C. The first-order valence-electron chi connectivity index (χ1n) is 21.8. The summed E-state index contributed by atoms with van der Waals surface area (Å²) in [6.45, 7) is 8.77. The number of pyridine rings is 1. The number of hydrogen-bond donors (Lipinski definition) is 0. The Hall–Kier alpha value is -8.13. The standard InChI is InChI=1S/C62H39N/c1-3-43-44(4-2)53-37-52(47-20-7-8-21-48(47)54(53)36-51(43)40-30-28-39(29-31-40)46-23-11-16-38-15-5-6-19-45(38)46)42-32-33-57-55(35-42)61-59(27-14-34-63-61)62(57)56-25-10-9-22-49(56)50-24-12-17-41-18-13-26-58(62)60(41)50/h3-37H,1-2H2. The van der Waals surface area contributed by atoms with Gasteiger partial charge in [-0.3, -0.25) is 4.98 Å². The zero-order valence-corrected chi connectivity index (χ0v) is 34.6. The van der Waals surface area contributed by atoms with Gasteiger partial charge in [-0.15, -0.1) is 0 Å². The van der Waals surface area contributed by atoms with E-state index >= 15 is 0 Å². The zero-order valence-electron chi connectivity index (χ0n) is 34.6. The Bertz CT molecular complexity index is 3760. The molecule has 1 aromatic heterocycles. The Kier molecular flexibility index (Phi) is 7.59. The van der Waals surface area contributed by atoms with Crippen molar-refractivity contribution >= 4 is 55.2 Å². The lowest BCUT2D eigenvalue weighted by atomic mass is 9.61. The van der Waals surface area contributed by atoms with E-state index in [0.29, 0.717) is 0 Å². The van der Waals surface area contributed by atoms with Crippen molar-refractivity contribution in [1.29, 1.82) is 0 Å². The molecule has 63 heavy (non-hydrogen) atoms. The van der Waals surface area contributed by atoms with Crippen LogP contribution in [-0.4, -0.2) is 4.98 Å². The molecule has 0 saturated carbocycles. The van der Waals surface area contributed by atoms with Gasteiger partial charge in [-0.1, -0.05) is 195 Å². The molecule has 2 aliphatic carbocycles. The van der Waals surface area contributed by atoms with Gasteiger partial charge in [0.25, 0.3) is 0 Å². The van der Waals surface area contributed by atoms with Crippen molar-refractivity contribution in [2.24, 2.45) is 0 Å². The maximum Gasteiger partial charge on any atom is 0.0753 e. The van der Waals surface area contributed by atoms with Crippen LogP contribution < -0.4 is 0 Å². The maximum atomic E-state index is 5.19. The highest BCUT2D eigenvalue weighted by Crippen LogP contribution is 2.61. The van der Waals surface area contributed by atoms with E-state index in [0.717, 1.165) is 38.9 Å². The first-order valence-corrected chi connectivity index (χ1v) is 21.8. The number of benzene rings is 10. The van der Waals surface area contributed by atoms with Crippen LogP contribution in [0.3, 0.4) is 0 Å². The minimum Gasteiger partial charge on any atom is -0.256 e. The van der Waals surface area contributed by atoms with Crippen LogP contribution in [0.15, 0.2) is 213 Å². The molecule has 292 valence electrons. The maximum absolute atomic E-state index is 5.19. The lowest BCUT2D eigenvalue weighted by Crippen LogP contribution is -2.31. The first kappa shape index (κ1) is 35.6. The van der Waals surface area contributed by atoms with Gasteiger partial charge in [0.2, 0.25) is 0 Å². The van der Waals surface area contributed by atoms with Crippen LogP contribution in [0.5, 0.6) is 0 Å².